The van der Waals surface area contributed by atoms with Gasteiger partial charge in [-0.1, -0.05) is 6.07 Å². The van der Waals surface area contributed by atoms with Crippen molar-refractivity contribution in [2.24, 2.45) is 0 Å². The number of hydrogen-bond donors (Lipinski definition) is 1. The number of aliphatic carboxylic acids is 1. The van der Waals surface area contributed by atoms with Gasteiger partial charge in [0.15, 0.2) is 0 Å². The number of hydrogen-bond acceptors (Lipinski definition) is 3. The van der Waals surface area contributed by atoms with E-state index >= 15 is 0 Å². The van der Waals surface area contributed by atoms with Crippen molar-refractivity contribution in [1.82, 2.24) is 0 Å². The summed E-state index contributed by atoms with van der Waals surface area (Å²) in [5.74, 6) is -0.0271. The van der Waals surface area contributed by atoms with Crippen molar-refractivity contribution >= 4 is 5.97 Å². The maximum atomic E-state index is 10.3. The number of ether oxygens (including phenoxy) is 1. The molecule has 0 saturated heterocycles. The topological polar surface area (TPSA) is 70.3 Å². The minimum absolute atomic E-state index is 0.211. The van der Waals surface area contributed by atoms with Gasteiger partial charge in [0.2, 0.25) is 0 Å². The van der Waals surface area contributed by atoms with Crippen LogP contribution in [0.25, 0.3) is 0 Å². The molecule has 0 amide bonds. The molecule has 0 unspecified atom stereocenters. The van der Waals surface area contributed by atoms with Crippen molar-refractivity contribution in [1.29, 1.82) is 5.26 Å². The zero-order valence-corrected chi connectivity index (χ0v) is 10.5. The first-order valence-corrected chi connectivity index (χ1v) is 5.99. The summed E-state index contributed by atoms with van der Waals surface area (Å²) < 4.78 is 5.59. The fourth-order valence-electron chi connectivity index (χ4n) is 1.56. The Bertz CT molecular complexity index is 449. The predicted octanol–water partition coefficient (Wildman–Crippen LogP) is 2.89. The summed E-state index contributed by atoms with van der Waals surface area (Å²) in [6.07, 6.45) is 2.55. The molecule has 0 atom stereocenters. The van der Waals surface area contributed by atoms with E-state index in [4.69, 9.17) is 15.1 Å². The first-order valence-electron chi connectivity index (χ1n) is 5.99. The Balaban J connectivity index is 2.31. The molecule has 0 aliphatic heterocycles. The van der Waals surface area contributed by atoms with Crippen LogP contribution >= 0.6 is 0 Å². The van der Waals surface area contributed by atoms with Gasteiger partial charge in [0.05, 0.1) is 18.2 Å². The third-order valence-corrected chi connectivity index (χ3v) is 2.61. The molecule has 0 radical (unpaired) electrons. The van der Waals surface area contributed by atoms with Gasteiger partial charge in [-0.2, -0.15) is 5.26 Å². The molecule has 0 bridgehead atoms. The number of aryl methyl sites for hydroxylation is 1. The van der Waals surface area contributed by atoms with Gasteiger partial charge in [0.1, 0.15) is 5.75 Å². The number of carbonyl (C=O) groups is 1. The molecule has 1 aromatic rings. The van der Waals surface area contributed by atoms with Crippen molar-refractivity contribution in [3.8, 4) is 11.8 Å². The predicted molar refractivity (Wildman–Crippen MR) is 67.5 cm³/mol. The molecule has 0 heterocycles. The third-order valence-electron chi connectivity index (χ3n) is 2.61. The van der Waals surface area contributed by atoms with E-state index < -0.39 is 5.97 Å². The molecule has 18 heavy (non-hydrogen) atoms. The SMILES string of the molecule is Cc1ccc(C#N)cc1OCCCCCC(=O)O. The molecule has 0 fully saturated rings. The van der Waals surface area contributed by atoms with Crippen molar-refractivity contribution in [3.63, 3.8) is 0 Å². The lowest BCUT2D eigenvalue weighted by Gasteiger charge is -2.09. The summed E-state index contributed by atoms with van der Waals surface area (Å²) in [7, 11) is 0. The first kappa shape index (κ1) is 14.0. The normalized spacial score (nSPS) is 9.78. The summed E-state index contributed by atoms with van der Waals surface area (Å²) in [6, 6.07) is 7.42. The lowest BCUT2D eigenvalue weighted by Crippen LogP contribution is -2.00. The molecule has 1 N–H and O–H groups in total. The smallest absolute Gasteiger partial charge is 0.303 e. The summed E-state index contributed by atoms with van der Waals surface area (Å²) in [4.78, 5) is 10.3. The van der Waals surface area contributed by atoms with Crippen LogP contribution in [-0.2, 0) is 4.79 Å². The van der Waals surface area contributed by atoms with Crippen LogP contribution in [0.2, 0.25) is 0 Å². The molecule has 0 spiro atoms. The second kappa shape index (κ2) is 7.33. The fourth-order valence-corrected chi connectivity index (χ4v) is 1.56. The Morgan fingerprint density at radius 3 is 2.83 bits per heavy atom. The summed E-state index contributed by atoms with van der Waals surface area (Å²) in [5.41, 5.74) is 1.58. The highest BCUT2D eigenvalue weighted by atomic mass is 16.5. The van der Waals surface area contributed by atoms with E-state index in [1.807, 2.05) is 13.0 Å². The van der Waals surface area contributed by atoms with E-state index in [2.05, 4.69) is 6.07 Å². The minimum Gasteiger partial charge on any atom is -0.493 e. The first-order chi connectivity index (χ1) is 8.63. The van der Waals surface area contributed by atoms with Crippen molar-refractivity contribution in [3.05, 3.63) is 29.3 Å². The van der Waals surface area contributed by atoms with E-state index in [0.29, 0.717) is 18.6 Å². The summed E-state index contributed by atoms with van der Waals surface area (Å²) in [5, 5.41) is 17.3. The zero-order valence-electron chi connectivity index (χ0n) is 10.5. The molecule has 4 heteroatoms. The van der Waals surface area contributed by atoms with Crippen molar-refractivity contribution < 1.29 is 14.6 Å². The van der Waals surface area contributed by atoms with Crippen molar-refractivity contribution in [2.75, 3.05) is 6.61 Å². The molecule has 1 rings (SSSR count). The molecule has 96 valence electrons. The number of carboxylic acids is 1. The van der Waals surface area contributed by atoms with Crippen LogP contribution in [0, 0.1) is 18.3 Å². The second-order valence-corrected chi connectivity index (χ2v) is 4.14. The average Bonchev–Trinajstić information content (AvgIpc) is 2.35. The minimum atomic E-state index is -0.756. The number of carboxylic acid groups (broad SMARTS) is 1. The van der Waals surface area contributed by atoms with Gasteiger partial charge in [-0.3, -0.25) is 4.79 Å². The van der Waals surface area contributed by atoms with E-state index in [1.54, 1.807) is 12.1 Å². The molecule has 0 saturated carbocycles. The molecule has 0 aliphatic carbocycles. The zero-order chi connectivity index (χ0) is 13.4. The van der Waals surface area contributed by atoms with Gasteiger partial charge in [-0.05, 0) is 43.9 Å². The van der Waals surface area contributed by atoms with Crippen LogP contribution in [0.5, 0.6) is 5.75 Å². The molecular weight excluding hydrogens is 230 g/mol. The number of benzene rings is 1. The molecule has 1 aromatic carbocycles. The number of nitriles is 1. The van der Waals surface area contributed by atoms with E-state index in [1.165, 1.54) is 0 Å². The van der Waals surface area contributed by atoms with E-state index in [-0.39, 0.29) is 6.42 Å². The highest BCUT2D eigenvalue weighted by molar-refractivity contribution is 5.66. The maximum absolute atomic E-state index is 10.3. The van der Waals surface area contributed by atoms with Gasteiger partial charge in [0, 0.05) is 6.42 Å². The van der Waals surface area contributed by atoms with Gasteiger partial charge >= 0.3 is 5.97 Å². The van der Waals surface area contributed by atoms with Gasteiger partial charge in [-0.15, -0.1) is 0 Å². The molecule has 0 aliphatic rings. The van der Waals surface area contributed by atoms with Gasteiger partial charge in [-0.25, -0.2) is 0 Å². The monoisotopic (exact) mass is 247 g/mol. The quantitative estimate of drug-likeness (QED) is 0.752. The van der Waals surface area contributed by atoms with Gasteiger partial charge in [0.25, 0.3) is 0 Å². The standard InChI is InChI=1S/C14H17NO3/c1-11-6-7-12(10-15)9-13(11)18-8-4-2-3-5-14(16)17/h6-7,9H,2-5,8H2,1H3,(H,16,17). The highest BCUT2D eigenvalue weighted by Gasteiger charge is 2.02. The van der Waals surface area contributed by atoms with Crippen LogP contribution in [0.1, 0.15) is 36.8 Å². The summed E-state index contributed by atoms with van der Waals surface area (Å²) in [6.45, 7) is 2.48. The Kier molecular flexibility index (Phi) is 5.72. The van der Waals surface area contributed by atoms with Crippen LogP contribution < -0.4 is 4.74 Å². The second-order valence-electron chi connectivity index (χ2n) is 4.14. The average molecular weight is 247 g/mol. The lowest BCUT2D eigenvalue weighted by molar-refractivity contribution is -0.137. The van der Waals surface area contributed by atoms with Gasteiger partial charge < -0.3 is 9.84 Å². The number of unbranched alkanes of at least 4 members (excludes halogenated alkanes) is 2. The molecule has 0 aromatic heterocycles. The van der Waals surface area contributed by atoms with E-state index in [0.717, 1.165) is 24.2 Å². The summed E-state index contributed by atoms with van der Waals surface area (Å²) >= 11 is 0. The van der Waals surface area contributed by atoms with Crippen molar-refractivity contribution in [2.45, 2.75) is 32.6 Å². The largest absolute Gasteiger partial charge is 0.493 e. The Morgan fingerprint density at radius 1 is 1.39 bits per heavy atom. The Hall–Kier alpha value is -2.02. The third kappa shape index (κ3) is 4.88. The van der Waals surface area contributed by atoms with Crippen LogP contribution in [-0.4, -0.2) is 17.7 Å². The number of rotatable bonds is 7. The maximum Gasteiger partial charge on any atom is 0.303 e. The lowest BCUT2D eigenvalue weighted by atomic mass is 10.1. The van der Waals surface area contributed by atoms with Crippen LogP contribution in [0.3, 0.4) is 0 Å². The Labute approximate surface area is 107 Å². The van der Waals surface area contributed by atoms with Crippen LogP contribution in [0.4, 0.5) is 0 Å². The molecular formula is C14H17NO3. The van der Waals surface area contributed by atoms with E-state index in [9.17, 15) is 4.79 Å². The Morgan fingerprint density at radius 2 is 2.17 bits per heavy atom. The fraction of sp³-hybridized carbons (Fsp3) is 0.429. The highest BCUT2D eigenvalue weighted by Crippen LogP contribution is 2.19. The number of nitrogens with zero attached hydrogens (tertiary/aromatic N) is 1. The van der Waals surface area contributed by atoms with Crippen LogP contribution in [0.15, 0.2) is 18.2 Å². The molecule has 4 nitrogen and oxygen atoms in total.